The highest BCUT2D eigenvalue weighted by molar-refractivity contribution is 5.83. The van der Waals surface area contributed by atoms with E-state index in [4.69, 9.17) is 0 Å². The van der Waals surface area contributed by atoms with Crippen molar-refractivity contribution in [3.05, 3.63) is 0 Å². The van der Waals surface area contributed by atoms with Gasteiger partial charge < -0.3 is 10.6 Å². The van der Waals surface area contributed by atoms with E-state index in [9.17, 15) is 9.59 Å². The summed E-state index contributed by atoms with van der Waals surface area (Å²) in [6.07, 6.45) is 5.62. The van der Waals surface area contributed by atoms with Gasteiger partial charge >= 0.3 is 0 Å². The Balaban J connectivity index is 2.08. The fourth-order valence-electron chi connectivity index (χ4n) is 3.00. The lowest BCUT2D eigenvalue weighted by Crippen LogP contribution is -2.39. The minimum atomic E-state index is 0.0217. The molecule has 0 aromatic carbocycles. The monoisotopic (exact) mass is 210 g/mol. The topological polar surface area (TPSA) is 58.2 Å². The third-order valence-corrected chi connectivity index (χ3v) is 3.85. The molecule has 2 N–H and O–H groups in total. The summed E-state index contributed by atoms with van der Waals surface area (Å²) in [4.78, 5) is 22.8. The third-order valence-electron chi connectivity index (χ3n) is 3.85. The number of hydrogen-bond donors (Lipinski definition) is 2. The van der Waals surface area contributed by atoms with Crippen molar-refractivity contribution in [1.82, 2.24) is 10.6 Å². The number of amides is 2. The standard InChI is InChI=1S/C11H18N2O2/c1-12-9(14)6-8-11(4-2-3-5-11)7-10(15)13-8/h8H,2-7H2,1H3,(H,12,14)(H,13,15). The summed E-state index contributed by atoms with van der Waals surface area (Å²) in [6.45, 7) is 0. The summed E-state index contributed by atoms with van der Waals surface area (Å²) in [7, 11) is 1.64. The Morgan fingerprint density at radius 2 is 2.20 bits per heavy atom. The summed E-state index contributed by atoms with van der Waals surface area (Å²) < 4.78 is 0. The van der Waals surface area contributed by atoms with Crippen LogP contribution in [0.4, 0.5) is 0 Å². The average Bonchev–Trinajstić information content (AvgIpc) is 2.76. The molecule has 15 heavy (non-hydrogen) atoms. The largest absolute Gasteiger partial charge is 0.359 e. The zero-order valence-electron chi connectivity index (χ0n) is 9.14. The van der Waals surface area contributed by atoms with Crippen LogP contribution in [-0.4, -0.2) is 24.9 Å². The number of carbonyl (C=O) groups excluding carboxylic acids is 2. The second-order valence-electron chi connectivity index (χ2n) is 4.74. The van der Waals surface area contributed by atoms with E-state index in [2.05, 4.69) is 10.6 Å². The van der Waals surface area contributed by atoms with E-state index < -0.39 is 0 Å². The maximum Gasteiger partial charge on any atom is 0.221 e. The quantitative estimate of drug-likeness (QED) is 0.700. The first-order valence-electron chi connectivity index (χ1n) is 5.66. The zero-order valence-corrected chi connectivity index (χ0v) is 9.14. The smallest absolute Gasteiger partial charge is 0.221 e. The molecule has 2 rings (SSSR count). The van der Waals surface area contributed by atoms with Gasteiger partial charge in [0.15, 0.2) is 0 Å². The van der Waals surface area contributed by atoms with Gasteiger partial charge in [0.2, 0.25) is 11.8 Å². The Morgan fingerprint density at radius 1 is 1.53 bits per heavy atom. The molecule has 0 radical (unpaired) electrons. The molecule has 4 nitrogen and oxygen atoms in total. The van der Waals surface area contributed by atoms with Crippen LogP contribution in [-0.2, 0) is 9.59 Å². The second kappa shape index (κ2) is 3.83. The molecule has 0 aromatic rings. The molecule has 0 bridgehead atoms. The number of carbonyl (C=O) groups is 2. The number of nitrogens with one attached hydrogen (secondary N) is 2. The van der Waals surface area contributed by atoms with Gasteiger partial charge in [-0.25, -0.2) is 0 Å². The van der Waals surface area contributed by atoms with E-state index in [1.165, 1.54) is 12.8 Å². The molecule has 1 heterocycles. The van der Waals surface area contributed by atoms with E-state index in [0.717, 1.165) is 12.8 Å². The van der Waals surface area contributed by atoms with Crippen LogP contribution in [0.25, 0.3) is 0 Å². The molecular weight excluding hydrogens is 192 g/mol. The molecule has 1 unspecified atom stereocenters. The molecule has 84 valence electrons. The first-order valence-corrected chi connectivity index (χ1v) is 5.66. The van der Waals surface area contributed by atoms with Gasteiger partial charge in [0.05, 0.1) is 0 Å². The molecule has 1 atom stereocenters. The van der Waals surface area contributed by atoms with E-state index >= 15 is 0 Å². The molecule has 1 saturated carbocycles. The Kier molecular flexibility index (Phi) is 2.67. The van der Waals surface area contributed by atoms with Crippen molar-refractivity contribution in [2.24, 2.45) is 5.41 Å². The maximum absolute atomic E-state index is 11.4. The lowest BCUT2D eigenvalue weighted by Gasteiger charge is -2.28. The van der Waals surface area contributed by atoms with Crippen LogP contribution in [0.3, 0.4) is 0 Å². The molecule has 1 aliphatic heterocycles. The number of hydrogen-bond acceptors (Lipinski definition) is 2. The Bertz CT molecular complexity index is 282. The molecule has 2 fully saturated rings. The minimum absolute atomic E-state index is 0.0217. The number of rotatable bonds is 2. The summed E-state index contributed by atoms with van der Waals surface area (Å²) in [5.41, 5.74) is 0.0869. The van der Waals surface area contributed by atoms with Crippen molar-refractivity contribution in [2.75, 3.05) is 7.05 Å². The SMILES string of the molecule is CNC(=O)CC1NC(=O)CC12CCCC2. The van der Waals surface area contributed by atoms with Crippen LogP contribution in [0.2, 0.25) is 0 Å². The van der Waals surface area contributed by atoms with E-state index in [-0.39, 0.29) is 23.3 Å². The van der Waals surface area contributed by atoms with Gasteiger partial charge in [-0.3, -0.25) is 9.59 Å². The van der Waals surface area contributed by atoms with Crippen molar-refractivity contribution >= 4 is 11.8 Å². The normalized spacial score (nSPS) is 28.1. The Labute approximate surface area is 89.8 Å². The predicted octanol–water partition coefficient (Wildman–Crippen LogP) is 0.571. The molecule has 2 amide bonds. The highest BCUT2D eigenvalue weighted by Crippen LogP contribution is 2.47. The molecule has 1 spiro atoms. The molecule has 1 saturated heterocycles. The van der Waals surface area contributed by atoms with Gasteiger partial charge in [-0.1, -0.05) is 12.8 Å². The average molecular weight is 210 g/mol. The van der Waals surface area contributed by atoms with Gasteiger partial charge in [-0.2, -0.15) is 0 Å². The summed E-state index contributed by atoms with van der Waals surface area (Å²) in [5.74, 6) is 0.138. The van der Waals surface area contributed by atoms with Gasteiger partial charge in [-0.15, -0.1) is 0 Å². The lowest BCUT2D eigenvalue weighted by atomic mass is 9.77. The van der Waals surface area contributed by atoms with Crippen LogP contribution >= 0.6 is 0 Å². The first kappa shape index (κ1) is 10.5. The Morgan fingerprint density at radius 3 is 2.80 bits per heavy atom. The highest BCUT2D eigenvalue weighted by atomic mass is 16.2. The Hall–Kier alpha value is -1.06. The summed E-state index contributed by atoms with van der Waals surface area (Å²) >= 11 is 0. The molecule has 4 heteroatoms. The minimum Gasteiger partial charge on any atom is -0.359 e. The van der Waals surface area contributed by atoms with E-state index in [1.807, 2.05) is 0 Å². The molecule has 1 aliphatic carbocycles. The van der Waals surface area contributed by atoms with Crippen LogP contribution in [0.15, 0.2) is 0 Å². The van der Waals surface area contributed by atoms with Gasteiger partial charge in [0, 0.05) is 25.9 Å². The predicted molar refractivity (Wildman–Crippen MR) is 56.1 cm³/mol. The fraction of sp³-hybridized carbons (Fsp3) is 0.818. The molecule has 2 aliphatic rings. The van der Waals surface area contributed by atoms with Crippen LogP contribution in [0, 0.1) is 5.41 Å². The summed E-state index contributed by atoms with van der Waals surface area (Å²) in [6, 6.07) is 0.0625. The highest BCUT2D eigenvalue weighted by Gasteiger charge is 2.48. The van der Waals surface area contributed by atoms with Gasteiger partial charge in [0.25, 0.3) is 0 Å². The third kappa shape index (κ3) is 1.85. The summed E-state index contributed by atoms with van der Waals surface area (Å²) in [5, 5.41) is 5.57. The van der Waals surface area contributed by atoms with Crippen molar-refractivity contribution in [1.29, 1.82) is 0 Å². The van der Waals surface area contributed by atoms with E-state index in [1.54, 1.807) is 7.05 Å². The van der Waals surface area contributed by atoms with Gasteiger partial charge in [0.1, 0.15) is 0 Å². The lowest BCUT2D eigenvalue weighted by molar-refractivity contribution is -0.121. The van der Waals surface area contributed by atoms with Crippen molar-refractivity contribution in [2.45, 2.75) is 44.6 Å². The van der Waals surface area contributed by atoms with Crippen molar-refractivity contribution in [3.8, 4) is 0 Å². The first-order chi connectivity index (χ1) is 7.16. The van der Waals surface area contributed by atoms with Crippen LogP contribution < -0.4 is 10.6 Å². The maximum atomic E-state index is 11.4. The van der Waals surface area contributed by atoms with Crippen molar-refractivity contribution in [3.63, 3.8) is 0 Å². The second-order valence-corrected chi connectivity index (χ2v) is 4.74. The van der Waals surface area contributed by atoms with Gasteiger partial charge in [-0.05, 0) is 18.3 Å². The zero-order chi connectivity index (χ0) is 10.9. The molecule has 0 aromatic heterocycles. The van der Waals surface area contributed by atoms with Crippen LogP contribution in [0.5, 0.6) is 0 Å². The fourth-order valence-corrected chi connectivity index (χ4v) is 3.00. The van der Waals surface area contributed by atoms with E-state index in [0.29, 0.717) is 12.8 Å². The molecular formula is C11H18N2O2. The van der Waals surface area contributed by atoms with Crippen LogP contribution in [0.1, 0.15) is 38.5 Å². The van der Waals surface area contributed by atoms with Crippen molar-refractivity contribution < 1.29 is 9.59 Å².